The highest BCUT2D eigenvalue weighted by Gasteiger charge is 2.12. The predicted octanol–water partition coefficient (Wildman–Crippen LogP) is 1.85. The molecule has 0 fully saturated rings. The van der Waals surface area contributed by atoms with Gasteiger partial charge in [0, 0.05) is 18.3 Å². The van der Waals surface area contributed by atoms with Gasteiger partial charge in [-0.05, 0) is 12.5 Å². The fraction of sp³-hybridized carbons (Fsp3) is 0.167. The summed E-state index contributed by atoms with van der Waals surface area (Å²) in [7, 11) is 0. The molecule has 0 saturated carbocycles. The molecule has 0 aliphatic rings. The number of nitrogens with zero attached hydrogens (tertiary/aromatic N) is 3. The second-order valence-corrected chi connectivity index (χ2v) is 4.05. The molecule has 7 heteroatoms. The Kier molecular flexibility index (Phi) is 3.28. The lowest BCUT2D eigenvalue weighted by atomic mass is 10.2. The van der Waals surface area contributed by atoms with Crippen molar-refractivity contribution in [1.29, 1.82) is 0 Å². The van der Waals surface area contributed by atoms with Crippen LogP contribution in [0.3, 0.4) is 0 Å². The molecular weight excluding hydrogens is 250 g/mol. The van der Waals surface area contributed by atoms with Crippen LogP contribution in [0.1, 0.15) is 21.6 Å². The first-order valence-electron chi connectivity index (χ1n) is 5.48. The summed E-state index contributed by atoms with van der Waals surface area (Å²) in [6.45, 7) is 1.99. The molecular formula is C12H11N3O4. The second-order valence-electron chi connectivity index (χ2n) is 4.05. The van der Waals surface area contributed by atoms with Gasteiger partial charge in [-0.15, -0.1) is 0 Å². The number of carboxylic acids is 1. The van der Waals surface area contributed by atoms with Gasteiger partial charge in [0.2, 0.25) is 0 Å². The number of nitro benzene ring substituents is 1. The Balaban J connectivity index is 2.19. The van der Waals surface area contributed by atoms with Gasteiger partial charge in [-0.1, -0.05) is 12.1 Å². The summed E-state index contributed by atoms with van der Waals surface area (Å²) in [4.78, 5) is 20.9. The molecule has 1 aromatic heterocycles. The molecule has 0 saturated heterocycles. The first-order valence-corrected chi connectivity index (χ1v) is 5.48. The van der Waals surface area contributed by atoms with Crippen LogP contribution in [-0.4, -0.2) is 25.8 Å². The van der Waals surface area contributed by atoms with Crippen molar-refractivity contribution < 1.29 is 14.8 Å². The molecule has 0 aliphatic carbocycles. The Morgan fingerprint density at radius 3 is 2.53 bits per heavy atom. The fourth-order valence-corrected chi connectivity index (χ4v) is 1.72. The molecule has 0 aliphatic heterocycles. The van der Waals surface area contributed by atoms with Crippen molar-refractivity contribution >= 4 is 11.7 Å². The number of aryl methyl sites for hydroxylation is 1. The molecule has 98 valence electrons. The predicted molar refractivity (Wildman–Crippen MR) is 66.1 cm³/mol. The summed E-state index contributed by atoms with van der Waals surface area (Å²) in [6.07, 6.45) is 1.44. The molecule has 1 N–H and O–H groups in total. The number of nitro groups is 1. The van der Waals surface area contributed by atoms with Crippen molar-refractivity contribution in [1.82, 2.24) is 9.78 Å². The zero-order valence-electron chi connectivity index (χ0n) is 10.1. The van der Waals surface area contributed by atoms with Crippen molar-refractivity contribution in [3.05, 3.63) is 57.4 Å². The third-order valence-corrected chi connectivity index (χ3v) is 2.67. The standard InChI is InChI=1S/C12H11N3O4/c1-8-11(12(16)17)7-14(13-8)6-9-2-4-10(5-3-9)15(18)19/h2-5,7H,6H2,1H3,(H,16,17). The van der Waals surface area contributed by atoms with Crippen molar-refractivity contribution in [3.8, 4) is 0 Å². The lowest BCUT2D eigenvalue weighted by Crippen LogP contribution is -2.00. The monoisotopic (exact) mass is 261 g/mol. The number of non-ortho nitro benzene ring substituents is 1. The van der Waals surface area contributed by atoms with Gasteiger partial charge in [0.25, 0.3) is 5.69 Å². The van der Waals surface area contributed by atoms with Crippen molar-refractivity contribution in [2.45, 2.75) is 13.5 Å². The Labute approximate surface area is 108 Å². The number of benzene rings is 1. The quantitative estimate of drug-likeness (QED) is 0.668. The highest BCUT2D eigenvalue weighted by Crippen LogP contribution is 2.13. The average molecular weight is 261 g/mol. The zero-order valence-corrected chi connectivity index (χ0v) is 10.1. The van der Waals surface area contributed by atoms with Crippen LogP contribution in [0.5, 0.6) is 0 Å². The van der Waals surface area contributed by atoms with Gasteiger partial charge in [0.1, 0.15) is 5.56 Å². The Morgan fingerprint density at radius 1 is 1.42 bits per heavy atom. The van der Waals surface area contributed by atoms with E-state index < -0.39 is 10.9 Å². The van der Waals surface area contributed by atoms with E-state index in [1.54, 1.807) is 19.1 Å². The largest absolute Gasteiger partial charge is 0.478 e. The van der Waals surface area contributed by atoms with Crippen LogP contribution < -0.4 is 0 Å². The van der Waals surface area contributed by atoms with Crippen LogP contribution >= 0.6 is 0 Å². The third-order valence-electron chi connectivity index (χ3n) is 2.67. The first-order chi connectivity index (χ1) is 8.97. The van der Waals surface area contributed by atoms with E-state index in [9.17, 15) is 14.9 Å². The summed E-state index contributed by atoms with van der Waals surface area (Å²) < 4.78 is 1.50. The highest BCUT2D eigenvalue weighted by molar-refractivity contribution is 5.88. The van der Waals surface area contributed by atoms with Crippen LogP contribution in [0, 0.1) is 17.0 Å². The maximum atomic E-state index is 10.9. The summed E-state index contributed by atoms with van der Waals surface area (Å²) in [6, 6.07) is 6.05. The number of hydrogen-bond acceptors (Lipinski definition) is 4. The minimum atomic E-state index is -1.02. The Bertz CT molecular complexity index is 631. The molecule has 0 atom stereocenters. The normalized spacial score (nSPS) is 10.4. The van der Waals surface area contributed by atoms with Crippen molar-refractivity contribution in [3.63, 3.8) is 0 Å². The lowest BCUT2D eigenvalue weighted by molar-refractivity contribution is -0.384. The van der Waals surface area contributed by atoms with E-state index in [0.29, 0.717) is 12.2 Å². The molecule has 19 heavy (non-hydrogen) atoms. The molecule has 1 aromatic carbocycles. The van der Waals surface area contributed by atoms with Gasteiger partial charge in [-0.2, -0.15) is 5.10 Å². The van der Waals surface area contributed by atoms with Crippen LogP contribution in [0.15, 0.2) is 30.5 Å². The topological polar surface area (TPSA) is 98.3 Å². The van der Waals surface area contributed by atoms with Crippen LogP contribution in [0.2, 0.25) is 0 Å². The van der Waals surface area contributed by atoms with Crippen LogP contribution in [0.25, 0.3) is 0 Å². The molecule has 0 amide bonds. The second kappa shape index (κ2) is 4.89. The van der Waals surface area contributed by atoms with Gasteiger partial charge < -0.3 is 5.11 Å². The van der Waals surface area contributed by atoms with Crippen molar-refractivity contribution in [2.24, 2.45) is 0 Å². The molecule has 0 unspecified atom stereocenters. The van der Waals surface area contributed by atoms with Gasteiger partial charge in [-0.3, -0.25) is 14.8 Å². The molecule has 0 bridgehead atoms. The molecule has 0 radical (unpaired) electrons. The maximum Gasteiger partial charge on any atom is 0.339 e. The maximum absolute atomic E-state index is 10.9. The number of carbonyl (C=O) groups is 1. The van der Waals surface area contributed by atoms with Gasteiger partial charge in [-0.25, -0.2) is 4.79 Å². The van der Waals surface area contributed by atoms with E-state index in [1.165, 1.54) is 23.0 Å². The number of aromatic carboxylic acids is 1. The highest BCUT2D eigenvalue weighted by atomic mass is 16.6. The fourth-order valence-electron chi connectivity index (χ4n) is 1.72. The van der Waals surface area contributed by atoms with E-state index in [2.05, 4.69) is 5.10 Å². The number of aromatic nitrogens is 2. The van der Waals surface area contributed by atoms with Crippen LogP contribution in [-0.2, 0) is 6.54 Å². The number of hydrogen-bond donors (Lipinski definition) is 1. The average Bonchev–Trinajstić information content (AvgIpc) is 2.71. The van der Waals surface area contributed by atoms with E-state index in [1.807, 2.05) is 0 Å². The van der Waals surface area contributed by atoms with Gasteiger partial charge in [0.05, 0.1) is 17.2 Å². The van der Waals surface area contributed by atoms with Crippen LogP contribution in [0.4, 0.5) is 5.69 Å². The number of rotatable bonds is 4. The number of carboxylic acid groups (broad SMARTS) is 1. The molecule has 0 spiro atoms. The van der Waals surface area contributed by atoms with Gasteiger partial charge in [0.15, 0.2) is 0 Å². The van der Waals surface area contributed by atoms with E-state index in [4.69, 9.17) is 5.11 Å². The van der Waals surface area contributed by atoms with Crippen molar-refractivity contribution in [2.75, 3.05) is 0 Å². The molecule has 2 aromatic rings. The smallest absolute Gasteiger partial charge is 0.339 e. The minimum Gasteiger partial charge on any atom is -0.478 e. The molecule has 7 nitrogen and oxygen atoms in total. The SMILES string of the molecule is Cc1nn(Cc2ccc([N+](=O)[O-])cc2)cc1C(=O)O. The van der Waals surface area contributed by atoms with E-state index >= 15 is 0 Å². The zero-order chi connectivity index (χ0) is 14.0. The summed E-state index contributed by atoms with van der Waals surface area (Å²) >= 11 is 0. The molecule has 2 rings (SSSR count). The summed E-state index contributed by atoms with van der Waals surface area (Å²) in [5.41, 5.74) is 1.42. The third kappa shape index (κ3) is 2.76. The van der Waals surface area contributed by atoms with E-state index in [-0.39, 0.29) is 11.3 Å². The summed E-state index contributed by atoms with van der Waals surface area (Å²) in [5, 5.41) is 23.5. The first kappa shape index (κ1) is 12.7. The molecule has 1 heterocycles. The van der Waals surface area contributed by atoms with E-state index in [0.717, 1.165) is 5.56 Å². The lowest BCUT2D eigenvalue weighted by Gasteiger charge is -2.01. The Morgan fingerprint density at radius 2 is 2.05 bits per heavy atom. The minimum absolute atomic E-state index is 0.0200. The van der Waals surface area contributed by atoms with Gasteiger partial charge >= 0.3 is 5.97 Å². The Hall–Kier alpha value is -2.70. The summed E-state index contributed by atoms with van der Waals surface area (Å²) in [5.74, 6) is -1.02.